The van der Waals surface area contributed by atoms with Gasteiger partial charge in [-0.1, -0.05) is 84.9 Å². The van der Waals surface area contributed by atoms with Crippen molar-refractivity contribution in [1.29, 1.82) is 0 Å². The molecule has 0 saturated heterocycles. The van der Waals surface area contributed by atoms with Crippen molar-refractivity contribution >= 4 is 70.6 Å². The summed E-state index contributed by atoms with van der Waals surface area (Å²) in [6.45, 7) is 7.76. The molecular weight excluding hydrogens is 619 g/mol. The lowest BCUT2D eigenvalue weighted by atomic mass is 9.89. The van der Waals surface area contributed by atoms with Crippen LogP contribution in [0.5, 0.6) is 0 Å². The summed E-state index contributed by atoms with van der Waals surface area (Å²) in [5, 5.41) is 12.4. The Balaban J connectivity index is 1.03. The van der Waals surface area contributed by atoms with Gasteiger partial charge in [0, 0.05) is 39.9 Å². The van der Waals surface area contributed by atoms with Crippen molar-refractivity contribution in [3.8, 4) is 39.1 Å². The molecule has 0 fully saturated rings. The normalized spacial score (nSPS) is 11.9. The minimum atomic E-state index is 0.656. The Hall–Kier alpha value is -7.02. The molecule has 0 unspecified atom stereocenters. The molecule has 0 amide bonds. The van der Waals surface area contributed by atoms with Crippen LogP contribution in [0.15, 0.2) is 164 Å². The molecule has 0 radical (unpaired) electrons. The lowest BCUT2D eigenvalue weighted by molar-refractivity contribution is 1.18. The third kappa shape index (κ3) is 4.14. The van der Waals surface area contributed by atoms with Crippen LogP contribution in [0.3, 0.4) is 0 Å². The second-order valence-corrected chi connectivity index (χ2v) is 13.5. The first-order chi connectivity index (χ1) is 25.2. The Morgan fingerprint density at radius 2 is 0.902 bits per heavy atom. The van der Waals surface area contributed by atoms with Gasteiger partial charge in [-0.2, -0.15) is 0 Å². The van der Waals surface area contributed by atoms with E-state index in [-0.39, 0.29) is 0 Å². The molecule has 0 aliphatic carbocycles. The standard InChI is InChI=1S/C48H27N3/c1-49-41-25-36-18-17-35-24-40(26-43-47(35)48(36)44(27-41)51(43)42-7-3-2-4-8-42)30-11-9-29(10-12-30)38-20-31-13-15-33-22-39(37-6-5-19-50-28-37)23-34-16-14-32(21-38)45(31)46(33)34/h2-28H. The van der Waals surface area contributed by atoms with Gasteiger partial charge < -0.3 is 4.57 Å². The summed E-state index contributed by atoms with van der Waals surface area (Å²) in [5.41, 5.74) is 11.0. The Morgan fingerprint density at radius 3 is 1.43 bits per heavy atom. The van der Waals surface area contributed by atoms with E-state index in [0.29, 0.717) is 5.69 Å². The molecule has 3 nitrogen and oxygen atoms in total. The number of aromatic nitrogens is 2. The van der Waals surface area contributed by atoms with Crippen molar-refractivity contribution < 1.29 is 0 Å². The zero-order chi connectivity index (χ0) is 33.6. The summed E-state index contributed by atoms with van der Waals surface area (Å²) >= 11 is 0. The van der Waals surface area contributed by atoms with Crippen molar-refractivity contribution in [2.24, 2.45) is 0 Å². The van der Waals surface area contributed by atoms with Crippen molar-refractivity contribution in [2.45, 2.75) is 0 Å². The van der Waals surface area contributed by atoms with E-state index in [4.69, 9.17) is 6.57 Å². The summed E-state index contributed by atoms with van der Waals surface area (Å²) in [6.07, 6.45) is 3.75. The van der Waals surface area contributed by atoms with E-state index >= 15 is 0 Å². The Labute approximate surface area is 293 Å². The lowest BCUT2D eigenvalue weighted by Gasteiger charge is -2.15. The van der Waals surface area contributed by atoms with Gasteiger partial charge in [-0.3, -0.25) is 4.98 Å². The third-order valence-electron chi connectivity index (χ3n) is 10.7. The summed E-state index contributed by atoms with van der Waals surface area (Å²) in [5.74, 6) is 0. The molecule has 234 valence electrons. The van der Waals surface area contributed by atoms with Gasteiger partial charge in [-0.15, -0.1) is 0 Å². The Bertz CT molecular complexity index is 3100. The average Bonchev–Trinajstić information content (AvgIpc) is 3.53. The molecule has 0 aliphatic rings. The van der Waals surface area contributed by atoms with E-state index in [1.807, 2.05) is 36.7 Å². The average molecular weight is 646 g/mol. The molecule has 9 aromatic carbocycles. The van der Waals surface area contributed by atoms with Gasteiger partial charge in [0.1, 0.15) is 0 Å². The summed E-state index contributed by atoms with van der Waals surface area (Å²) < 4.78 is 2.32. The van der Waals surface area contributed by atoms with E-state index in [0.717, 1.165) is 27.7 Å². The predicted octanol–water partition coefficient (Wildman–Crippen LogP) is 13.2. The molecule has 11 rings (SSSR count). The number of para-hydroxylation sites is 1. The molecule has 2 aromatic heterocycles. The Morgan fingerprint density at radius 1 is 0.412 bits per heavy atom. The van der Waals surface area contributed by atoms with Crippen LogP contribution in [-0.2, 0) is 0 Å². The van der Waals surface area contributed by atoms with Crippen LogP contribution in [0.4, 0.5) is 5.69 Å². The van der Waals surface area contributed by atoms with E-state index < -0.39 is 0 Å². The van der Waals surface area contributed by atoms with Crippen molar-refractivity contribution in [3.05, 3.63) is 175 Å². The van der Waals surface area contributed by atoms with E-state index in [2.05, 4.69) is 142 Å². The van der Waals surface area contributed by atoms with Crippen LogP contribution < -0.4 is 0 Å². The van der Waals surface area contributed by atoms with Crippen LogP contribution in [0, 0.1) is 6.57 Å². The molecule has 0 spiro atoms. The number of benzene rings is 9. The highest BCUT2D eigenvalue weighted by molar-refractivity contribution is 6.26. The van der Waals surface area contributed by atoms with Gasteiger partial charge in [0.25, 0.3) is 0 Å². The molecule has 2 heterocycles. The van der Waals surface area contributed by atoms with Crippen molar-refractivity contribution in [2.75, 3.05) is 0 Å². The molecule has 0 saturated carbocycles. The molecule has 51 heavy (non-hydrogen) atoms. The maximum absolute atomic E-state index is 7.76. The molecule has 3 heteroatoms. The highest BCUT2D eigenvalue weighted by atomic mass is 15.0. The lowest BCUT2D eigenvalue weighted by Crippen LogP contribution is -1.93. The summed E-state index contributed by atoms with van der Waals surface area (Å²) in [6, 6.07) is 54.9. The highest BCUT2D eigenvalue weighted by Gasteiger charge is 2.19. The highest BCUT2D eigenvalue weighted by Crippen LogP contribution is 2.44. The number of nitrogens with zero attached hydrogens (tertiary/aromatic N) is 3. The third-order valence-corrected chi connectivity index (χ3v) is 10.7. The van der Waals surface area contributed by atoms with Gasteiger partial charge in [-0.05, 0) is 138 Å². The van der Waals surface area contributed by atoms with Crippen molar-refractivity contribution in [1.82, 2.24) is 9.55 Å². The monoisotopic (exact) mass is 645 g/mol. The number of rotatable bonds is 4. The van der Waals surface area contributed by atoms with Gasteiger partial charge in [0.2, 0.25) is 0 Å². The van der Waals surface area contributed by atoms with E-state index in [9.17, 15) is 0 Å². The number of hydrogen-bond donors (Lipinski definition) is 0. The van der Waals surface area contributed by atoms with Crippen LogP contribution in [0.1, 0.15) is 0 Å². The molecule has 0 atom stereocenters. The predicted molar refractivity (Wildman–Crippen MR) is 214 cm³/mol. The number of pyridine rings is 1. The molecular formula is C48H27N3. The van der Waals surface area contributed by atoms with Crippen LogP contribution >= 0.6 is 0 Å². The molecule has 0 N–H and O–H groups in total. The maximum Gasteiger partial charge on any atom is 0.189 e. The minimum absolute atomic E-state index is 0.656. The largest absolute Gasteiger partial charge is 0.310 e. The fraction of sp³-hybridized carbons (Fsp3) is 0. The SMILES string of the molecule is [C-]#[N+]c1cc2ccc3cc(-c4ccc(-c5cc6ccc7cc(-c8cccnc8)cc8ccc(c5)c6c78)cc4)cc4c3c2c(c1)n4-c1ccccc1. The second-order valence-electron chi connectivity index (χ2n) is 13.5. The first-order valence-electron chi connectivity index (χ1n) is 17.2. The zero-order valence-corrected chi connectivity index (χ0v) is 27.4. The quantitative estimate of drug-likeness (QED) is 0.138. The van der Waals surface area contributed by atoms with Crippen molar-refractivity contribution in [3.63, 3.8) is 0 Å². The maximum atomic E-state index is 7.76. The van der Waals surface area contributed by atoms with Gasteiger partial charge >= 0.3 is 0 Å². The second kappa shape index (κ2) is 10.5. The fourth-order valence-electron chi connectivity index (χ4n) is 8.40. The van der Waals surface area contributed by atoms with Gasteiger partial charge in [-0.25, -0.2) is 4.85 Å². The molecule has 11 aromatic rings. The fourth-order valence-corrected chi connectivity index (χ4v) is 8.40. The Kier molecular flexibility index (Phi) is 5.73. The van der Waals surface area contributed by atoms with E-state index in [1.54, 1.807) is 0 Å². The summed E-state index contributed by atoms with van der Waals surface area (Å²) in [7, 11) is 0. The topological polar surface area (TPSA) is 22.2 Å². The van der Waals surface area contributed by atoms with Crippen LogP contribution in [0.2, 0.25) is 0 Å². The van der Waals surface area contributed by atoms with Crippen LogP contribution in [-0.4, -0.2) is 9.55 Å². The van der Waals surface area contributed by atoms with Crippen LogP contribution in [0.25, 0.3) is 109 Å². The smallest absolute Gasteiger partial charge is 0.189 e. The minimum Gasteiger partial charge on any atom is -0.310 e. The van der Waals surface area contributed by atoms with Gasteiger partial charge in [0.15, 0.2) is 5.69 Å². The van der Waals surface area contributed by atoms with Gasteiger partial charge in [0.05, 0.1) is 12.1 Å². The van der Waals surface area contributed by atoms with E-state index in [1.165, 1.54) is 76.3 Å². The first-order valence-corrected chi connectivity index (χ1v) is 17.2. The zero-order valence-electron chi connectivity index (χ0n) is 27.4. The summed E-state index contributed by atoms with van der Waals surface area (Å²) in [4.78, 5) is 8.15. The molecule has 0 aliphatic heterocycles. The number of hydrogen-bond acceptors (Lipinski definition) is 1. The molecule has 0 bridgehead atoms. The first kappa shape index (κ1) is 27.9.